The van der Waals surface area contributed by atoms with Gasteiger partial charge in [-0.25, -0.2) is 0 Å². The van der Waals surface area contributed by atoms with Crippen molar-refractivity contribution in [2.24, 2.45) is 12.5 Å². The van der Waals surface area contributed by atoms with E-state index in [1.807, 2.05) is 6.07 Å². The number of aromatic nitrogens is 2. The summed E-state index contributed by atoms with van der Waals surface area (Å²) in [6.07, 6.45) is 3.31. The minimum atomic E-state index is -0.190. The molecule has 0 aliphatic carbocycles. The molecule has 0 amide bonds. The highest BCUT2D eigenvalue weighted by Gasteiger charge is 2.30. The van der Waals surface area contributed by atoms with Crippen LogP contribution in [0.1, 0.15) is 33.1 Å². The first-order valence-corrected chi connectivity index (χ1v) is 9.73. The summed E-state index contributed by atoms with van der Waals surface area (Å²) < 4.78 is 1.56. The van der Waals surface area contributed by atoms with E-state index in [9.17, 15) is 9.90 Å². The first-order valence-electron chi connectivity index (χ1n) is 8.92. The molecule has 6 nitrogen and oxygen atoms in total. The van der Waals surface area contributed by atoms with Crippen LogP contribution in [-0.4, -0.2) is 27.7 Å². The second kappa shape index (κ2) is 7.23. The van der Waals surface area contributed by atoms with Crippen LogP contribution in [0.5, 0.6) is 5.75 Å². The van der Waals surface area contributed by atoms with Crippen LogP contribution in [0.2, 0.25) is 0 Å². The zero-order valence-corrected chi connectivity index (χ0v) is 16.3. The molecule has 26 heavy (non-hydrogen) atoms. The highest BCUT2D eigenvalue weighted by atomic mass is 32.2. The van der Waals surface area contributed by atoms with Crippen LogP contribution in [0, 0.1) is 5.41 Å². The Hall–Kier alpha value is -2.15. The van der Waals surface area contributed by atoms with Crippen molar-refractivity contribution in [1.29, 1.82) is 0 Å². The fraction of sp³-hybridized carbons (Fsp3) is 0.474. The van der Waals surface area contributed by atoms with Gasteiger partial charge in [0.2, 0.25) is 5.95 Å². The normalized spacial score (nSPS) is 16.7. The smallest absolute Gasteiger partial charge is 0.270 e. The Labute approximate surface area is 158 Å². The molecule has 1 aromatic carbocycles. The van der Waals surface area contributed by atoms with Crippen LogP contribution in [0.15, 0.2) is 38.9 Å². The Morgan fingerprint density at radius 2 is 1.96 bits per heavy atom. The zero-order chi connectivity index (χ0) is 18.9. The van der Waals surface area contributed by atoms with E-state index in [2.05, 4.69) is 23.7 Å². The minimum absolute atomic E-state index is 0.123. The lowest BCUT2D eigenvalue weighted by Crippen LogP contribution is -2.41. The summed E-state index contributed by atoms with van der Waals surface area (Å²) in [7, 11) is 1.73. The molecule has 1 aliphatic rings. The first-order chi connectivity index (χ1) is 12.3. The van der Waals surface area contributed by atoms with Gasteiger partial charge >= 0.3 is 0 Å². The molecule has 0 spiro atoms. The van der Waals surface area contributed by atoms with Gasteiger partial charge < -0.3 is 15.7 Å². The summed E-state index contributed by atoms with van der Waals surface area (Å²) >= 11 is 1.15. The number of aromatic hydroxyl groups is 1. The van der Waals surface area contributed by atoms with E-state index in [-0.39, 0.29) is 17.1 Å². The van der Waals surface area contributed by atoms with E-state index in [1.54, 1.807) is 29.8 Å². The Bertz CT molecular complexity index is 857. The number of hydrogen-bond acceptors (Lipinski definition) is 6. The second-order valence-electron chi connectivity index (χ2n) is 7.21. The fourth-order valence-electron chi connectivity index (χ4n) is 3.22. The second-order valence-corrected chi connectivity index (χ2v) is 8.26. The monoisotopic (exact) mass is 374 g/mol. The maximum atomic E-state index is 12.9. The predicted molar refractivity (Wildman–Crippen MR) is 106 cm³/mol. The minimum Gasteiger partial charge on any atom is -0.507 e. The van der Waals surface area contributed by atoms with E-state index in [1.165, 1.54) is 0 Å². The Balaban J connectivity index is 1.90. The lowest BCUT2D eigenvalue weighted by Gasteiger charge is -2.39. The topological polar surface area (TPSA) is 84.4 Å². The fourth-order valence-corrected chi connectivity index (χ4v) is 4.13. The molecule has 1 aliphatic heterocycles. The number of phenols is 1. The van der Waals surface area contributed by atoms with Crippen LogP contribution in [0.3, 0.4) is 0 Å². The van der Waals surface area contributed by atoms with Gasteiger partial charge in [0.25, 0.3) is 5.56 Å². The van der Waals surface area contributed by atoms with Crippen LogP contribution < -0.4 is 16.2 Å². The molecule has 0 radical (unpaired) electrons. The Kier molecular flexibility index (Phi) is 5.18. The number of rotatable bonds is 4. The molecule has 0 unspecified atom stereocenters. The zero-order valence-electron chi connectivity index (χ0n) is 15.5. The van der Waals surface area contributed by atoms with Crippen LogP contribution in [-0.2, 0) is 7.05 Å². The molecular weight excluding hydrogens is 348 g/mol. The summed E-state index contributed by atoms with van der Waals surface area (Å²) in [4.78, 5) is 20.5. The number of benzene rings is 1. The molecule has 7 heteroatoms. The number of nitrogens with zero attached hydrogens (tertiary/aromatic N) is 3. The maximum Gasteiger partial charge on any atom is 0.270 e. The van der Waals surface area contributed by atoms with E-state index in [4.69, 9.17) is 5.73 Å². The van der Waals surface area contributed by atoms with Crippen LogP contribution in [0.25, 0.3) is 0 Å². The molecule has 2 heterocycles. The molecule has 140 valence electrons. The number of piperidine rings is 1. The Morgan fingerprint density at radius 1 is 1.31 bits per heavy atom. The van der Waals surface area contributed by atoms with Gasteiger partial charge in [-0.3, -0.25) is 9.36 Å². The predicted octanol–water partition coefficient (Wildman–Crippen LogP) is 3.24. The molecule has 1 aromatic heterocycles. The summed E-state index contributed by atoms with van der Waals surface area (Å²) in [6, 6.07) is 6.89. The van der Waals surface area contributed by atoms with Crippen molar-refractivity contribution in [3.05, 3.63) is 34.6 Å². The SMILES string of the molecule is CCC1(C)CCN(c2nc(N)c(Sc3ccccc3O)c(=O)n2C)CC1. The van der Waals surface area contributed by atoms with Gasteiger partial charge in [0.15, 0.2) is 0 Å². The van der Waals surface area contributed by atoms with Crippen LogP contribution >= 0.6 is 11.8 Å². The lowest BCUT2D eigenvalue weighted by molar-refractivity contribution is 0.236. The molecule has 1 fully saturated rings. The Morgan fingerprint density at radius 3 is 2.58 bits per heavy atom. The van der Waals surface area contributed by atoms with Crippen molar-refractivity contribution < 1.29 is 5.11 Å². The van der Waals surface area contributed by atoms with Gasteiger partial charge in [-0.2, -0.15) is 4.98 Å². The van der Waals surface area contributed by atoms with Gasteiger partial charge in [0.05, 0.1) is 4.90 Å². The number of para-hydroxylation sites is 1. The van der Waals surface area contributed by atoms with Gasteiger partial charge in [-0.1, -0.05) is 44.2 Å². The molecule has 0 saturated carbocycles. The molecular formula is C19H26N4O2S. The lowest BCUT2D eigenvalue weighted by atomic mass is 9.78. The summed E-state index contributed by atoms with van der Waals surface area (Å²) in [6.45, 7) is 6.29. The van der Waals surface area contributed by atoms with E-state index < -0.39 is 0 Å². The van der Waals surface area contributed by atoms with E-state index in [0.717, 1.165) is 44.1 Å². The number of nitrogen functional groups attached to an aromatic ring is 1. The third-order valence-corrected chi connectivity index (χ3v) is 6.59. The summed E-state index contributed by atoms with van der Waals surface area (Å²) in [5.74, 6) is 0.949. The van der Waals surface area contributed by atoms with Crippen molar-refractivity contribution in [2.75, 3.05) is 23.7 Å². The number of hydrogen-bond donors (Lipinski definition) is 2. The van der Waals surface area contributed by atoms with Crippen molar-refractivity contribution in [2.45, 2.75) is 42.9 Å². The van der Waals surface area contributed by atoms with Gasteiger partial charge in [-0.15, -0.1) is 0 Å². The van der Waals surface area contributed by atoms with Crippen molar-refractivity contribution in [3.8, 4) is 5.75 Å². The highest BCUT2D eigenvalue weighted by Crippen LogP contribution is 2.37. The van der Waals surface area contributed by atoms with E-state index >= 15 is 0 Å². The average molecular weight is 375 g/mol. The van der Waals surface area contributed by atoms with Crippen molar-refractivity contribution in [3.63, 3.8) is 0 Å². The summed E-state index contributed by atoms with van der Waals surface area (Å²) in [5, 5.41) is 9.95. The number of anilines is 2. The summed E-state index contributed by atoms with van der Waals surface area (Å²) in [5.41, 5.74) is 6.29. The van der Waals surface area contributed by atoms with Gasteiger partial charge in [0.1, 0.15) is 16.5 Å². The van der Waals surface area contributed by atoms with Crippen molar-refractivity contribution in [1.82, 2.24) is 9.55 Å². The molecule has 3 rings (SSSR count). The van der Waals surface area contributed by atoms with E-state index in [0.29, 0.717) is 21.2 Å². The first kappa shape index (κ1) is 18.6. The number of phenolic OH excluding ortho intramolecular Hbond substituents is 1. The van der Waals surface area contributed by atoms with Gasteiger partial charge in [0, 0.05) is 20.1 Å². The molecule has 3 N–H and O–H groups in total. The quantitative estimate of drug-likeness (QED) is 0.855. The third-order valence-electron chi connectivity index (χ3n) is 5.44. The van der Waals surface area contributed by atoms with Gasteiger partial charge in [-0.05, 0) is 30.4 Å². The highest BCUT2D eigenvalue weighted by molar-refractivity contribution is 7.99. The molecule has 1 saturated heterocycles. The molecule has 0 atom stereocenters. The van der Waals surface area contributed by atoms with Crippen molar-refractivity contribution >= 4 is 23.5 Å². The third kappa shape index (κ3) is 3.53. The maximum absolute atomic E-state index is 12.9. The molecule has 2 aromatic rings. The molecule has 0 bridgehead atoms. The number of nitrogens with two attached hydrogens (primary N) is 1. The standard InChI is InChI=1S/C19H26N4O2S/c1-4-19(2)9-11-23(12-10-19)18-21-16(20)15(17(25)22(18)3)26-14-8-6-5-7-13(14)24/h5-8,24H,4,9-12,20H2,1-3H3. The van der Waals surface area contributed by atoms with Crippen LogP contribution in [0.4, 0.5) is 11.8 Å². The average Bonchev–Trinajstić information content (AvgIpc) is 2.64. The largest absolute Gasteiger partial charge is 0.507 e.